The van der Waals surface area contributed by atoms with Crippen molar-refractivity contribution in [2.75, 3.05) is 6.61 Å². The molecular weight excluding hydrogens is 339 g/mol. The van der Waals surface area contributed by atoms with Crippen LogP contribution >= 0.6 is 23.2 Å². The molecule has 0 fully saturated rings. The largest absolute Gasteiger partial charge is 0.462 e. The average Bonchev–Trinajstić information content (AvgIpc) is 2.55. The summed E-state index contributed by atoms with van der Waals surface area (Å²) in [5, 5.41) is 0.649. The van der Waals surface area contributed by atoms with Crippen molar-refractivity contribution in [3.63, 3.8) is 0 Å². The minimum atomic E-state index is -0.523. The van der Waals surface area contributed by atoms with Gasteiger partial charge in [0.25, 0.3) is 0 Å². The second kappa shape index (κ2) is 7.99. The highest BCUT2D eigenvalue weighted by Gasteiger charge is 2.11. The van der Waals surface area contributed by atoms with Gasteiger partial charge in [-0.05, 0) is 42.8 Å². The van der Waals surface area contributed by atoms with Gasteiger partial charge in [0.1, 0.15) is 6.61 Å². The molecule has 0 heterocycles. The molecule has 0 amide bonds. The fraction of sp³-hybridized carbons (Fsp3) is 0.176. The Morgan fingerprint density at radius 1 is 0.913 bits per heavy atom. The summed E-state index contributed by atoms with van der Waals surface area (Å²) in [6, 6.07) is 11.2. The molecule has 0 saturated carbocycles. The molecule has 0 bridgehead atoms. The minimum Gasteiger partial charge on any atom is -0.462 e. The molecule has 0 aliphatic carbocycles. The van der Waals surface area contributed by atoms with Crippen LogP contribution in [0.5, 0.6) is 0 Å². The standard InChI is InChI=1S/C17H14Cl2O4/c1-2-22-16(20)12-5-3-4-11(8-12)10-23-17(21)13-6-7-14(18)15(19)9-13/h3-9H,2,10H2,1H3. The fourth-order valence-electron chi connectivity index (χ4n) is 1.86. The van der Waals surface area contributed by atoms with Crippen LogP contribution in [-0.2, 0) is 16.1 Å². The third-order valence-electron chi connectivity index (χ3n) is 2.96. The molecule has 0 aliphatic heterocycles. The second-order valence-corrected chi connectivity index (χ2v) is 5.44. The molecule has 0 radical (unpaired) electrons. The summed E-state index contributed by atoms with van der Waals surface area (Å²) < 4.78 is 10.1. The lowest BCUT2D eigenvalue weighted by Gasteiger charge is -2.07. The van der Waals surface area contributed by atoms with E-state index in [0.717, 1.165) is 0 Å². The van der Waals surface area contributed by atoms with Crippen LogP contribution in [0, 0.1) is 0 Å². The van der Waals surface area contributed by atoms with Gasteiger partial charge >= 0.3 is 11.9 Å². The van der Waals surface area contributed by atoms with Crippen LogP contribution in [0.1, 0.15) is 33.2 Å². The highest BCUT2D eigenvalue weighted by atomic mass is 35.5. The Kier molecular flexibility index (Phi) is 6.02. The van der Waals surface area contributed by atoms with E-state index in [1.165, 1.54) is 18.2 Å². The molecule has 0 aliphatic rings. The summed E-state index contributed by atoms with van der Waals surface area (Å²) >= 11 is 11.7. The van der Waals surface area contributed by atoms with Gasteiger partial charge in [-0.1, -0.05) is 35.3 Å². The number of carbonyl (C=O) groups is 2. The second-order valence-electron chi connectivity index (χ2n) is 4.63. The predicted molar refractivity (Wildman–Crippen MR) is 88.0 cm³/mol. The summed E-state index contributed by atoms with van der Waals surface area (Å²) in [4.78, 5) is 23.7. The highest BCUT2D eigenvalue weighted by Crippen LogP contribution is 2.23. The van der Waals surface area contributed by atoms with Gasteiger partial charge in [-0.25, -0.2) is 9.59 Å². The number of ether oxygens (including phenoxy) is 2. The molecule has 0 spiro atoms. The summed E-state index contributed by atoms with van der Waals surface area (Å²) in [7, 11) is 0. The van der Waals surface area contributed by atoms with Gasteiger partial charge in [0.05, 0.1) is 27.8 Å². The van der Waals surface area contributed by atoms with E-state index in [4.69, 9.17) is 32.7 Å². The molecule has 0 atom stereocenters. The quantitative estimate of drug-likeness (QED) is 0.742. The van der Waals surface area contributed by atoms with Gasteiger partial charge in [0.2, 0.25) is 0 Å². The normalized spacial score (nSPS) is 10.2. The number of hydrogen-bond donors (Lipinski definition) is 0. The van der Waals surface area contributed by atoms with Crippen LogP contribution in [0.3, 0.4) is 0 Å². The van der Waals surface area contributed by atoms with Crippen molar-refractivity contribution < 1.29 is 19.1 Å². The molecule has 2 rings (SSSR count). The number of rotatable bonds is 5. The lowest BCUT2D eigenvalue weighted by atomic mass is 10.1. The van der Waals surface area contributed by atoms with Crippen LogP contribution in [-0.4, -0.2) is 18.5 Å². The molecule has 0 saturated heterocycles. The summed E-state index contributed by atoms with van der Waals surface area (Å²) in [6.07, 6.45) is 0. The molecule has 0 N–H and O–H groups in total. The van der Waals surface area contributed by atoms with E-state index in [-0.39, 0.29) is 11.6 Å². The lowest BCUT2D eigenvalue weighted by molar-refractivity contribution is 0.0472. The molecule has 120 valence electrons. The maximum Gasteiger partial charge on any atom is 0.338 e. The zero-order valence-electron chi connectivity index (χ0n) is 12.3. The van der Waals surface area contributed by atoms with Crippen LogP contribution < -0.4 is 0 Å². The summed E-state index contributed by atoms with van der Waals surface area (Å²) in [5.41, 5.74) is 1.40. The number of benzene rings is 2. The third kappa shape index (κ3) is 4.71. The minimum absolute atomic E-state index is 0.0341. The summed E-state index contributed by atoms with van der Waals surface area (Å²) in [5.74, 6) is -0.935. The van der Waals surface area contributed by atoms with Gasteiger partial charge in [-0.2, -0.15) is 0 Å². The zero-order chi connectivity index (χ0) is 16.8. The first-order valence-electron chi connectivity index (χ1n) is 6.89. The van der Waals surface area contributed by atoms with E-state index in [0.29, 0.717) is 28.3 Å². The van der Waals surface area contributed by atoms with Gasteiger partial charge < -0.3 is 9.47 Å². The monoisotopic (exact) mass is 352 g/mol. The molecule has 2 aromatic carbocycles. The van der Waals surface area contributed by atoms with E-state index in [1.54, 1.807) is 31.2 Å². The molecule has 2 aromatic rings. The van der Waals surface area contributed by atoms with Crippen molar-refractivity contribution in [1.82, 2.24) is 0 Å². The zero-order valence-corrected chi connectivity index (χ0v) is 13.9. The summed E-state index contributed by atoms with van der Waals surface area (Å²) in [6.45, 7) is 2.07. The maximum atomic E-state index is 12.0. The van der Waals surface area contributed by atoms with Crippen molar-refractivity contribution in [2.45, 2.75) is 13.5 Å². The van der Waals surface area contributed by atoms with Gasteiger partial charge in [-0.15, -0.1) is 0 Å². The maximum absolute atomic E-state index is 12.0. The predicted octanol–water partition coefficient (Wildman–Crippen LogP) is 4.53. The Morgan fingerprint density at radius 2 is 1.61 bits per heavy atom. The molecular formula is C17H14Cl2O4. The average molecular weight is 353 g/mol. The Morgan fingerprint density at radius 3 is 2.30 bits per heavy atom. The van der Waals surface area contributed by atoms with E-state index in [1.807, 2.05) is 0 Å². The van der Waals surface area contributed by atoms with E-state index >= 15 is 0 Å². The molecule has 23 heavy (non-hydrogen) atoms. The Labute approximate surface area is 143 Å². The van der Waals surface area contributed by atoms with Crippen LogP contribution in [0.4, 0.5) is 0 Å². The first-order valence-corrected chi connectivity index (χ1v) is 7.65. The van der Waals surface area contributed by atoms with Gasteiger partial charge in [0, 0.05) is 0 Å². The molecule has 4 nitrogen and oxygen atoms in total. The van der Waals surface area contributed by atoms with Crippen LogP contribution in [0.25, 0.3) is 0 Å². The van der Waals surface area contributed by atoms with Crippen molar-refractivity contribution in [1.29, 1.82) is 0 Å². The van der Waals surface area contributed by atoms with E-state index in [9.17, 15) is 9.59 Å². The topological polar surface area (TPSA) is 52.6 Å². The van der Waals surface area contributed by atoms with Crippen molar-refractivity contribution >= 4 is 35.1 Å². The first kappa shape index (κ1) is 17.3. The SMILES string of the molecule is CCOC(=O)c1cccc(COC(=O)c2ccc(Cl)c(Cl)c2)c1. The molecule has 0 aromatic heterocycles. The van der Waals surface area contributed by atoms with E-state index < -0.39 is 11.9 Å². The molecule has 0 unspecified atom stereocenters. The Hall–Kier alpha value is -2.04. The number of carbonyl (C=O) groups excluding carboxylic acids is 2. The Bertz CT molecular complexity index is 728. The van der Waals surface area contributed by atoms with Crippen molar-refractivity contribution in [2.24, 2.45) is 0 Å². The van der Waals surface area contributed by atoms with Crippen molar-refractivity contribution in [3.8, 4) is 0 Å². The van der Waals surface area contributed by atoms with Crippen LogP contribution in [0.2, 0.25) is 10.0 Å². The van der Waals surface area contributed by atoms with Gasteiger partial charge in [0.15, 0.2) is 0 Å². The smallest absolute Gasteiger partial charge is 0.338 e. The molecule has 6 heteroatoms. The number of halogens is 2. The van der Waals surface area contributed by atoms with Gasteiger partial charge in [-0.3, -0.25) is 0 Å². The number of esters is 2. The third-order valence-corrected chi connectivity index (χ3v) is 3.70. The fourth-order valence-corrected chi connectivity index (χ4v) is 2.16. The lowest BCUT2D eigenvalue weighted by Crippen LogP contribution is -2.07. The van der Waals surface area contributed by atoms with Crippen molar-refractivity contribution in [3.05, 3.63) is 69.2 Å². The van der Waals surface area contributed by atoms with E-state index in [2.05, 4.69) is 0 Å². The Balaban J connectivity index is 2.02. The first-order chi connectivity index (χ1) is 11.0. The number of hydrogen-bond acceptors (Lipinski definition) is 4. The van der Waals surface area contributed by atoms with Crippen LogP contribution in [0.15, 0.2) is 42.5 Å². The highest BCUT2D eigenvalue weighted by molar-refractivity contribution is 6.42.